The zero-order valence-corrected chi connectivity index (χ0v) is 16.9. The van der Waals surface area contributed by atoms with Gasteiger partial charge in [0.1, 0.15) is 42.3 Å². The molecular formula is C20H20F3N7O2. The number of rotatable bonds is 4. The number of pyridine rings is 1. The predicted molar refractivity (Wildman–Crippen MR) is 108 cm³/mol. The molecule has 32 heavy (non-hydrogen) atoms. The molecule has 1 amide bonds. The third-order valence-electron chi connectivity index (χ3n) is 5.64. The summed E-state index contributed by atoms with van der Waals surface area (Å²) in [5, 5.41) is 3.79. The molecule has 1 saturated heterocycles. The summed E-state index contributed by atoms with van der Waals surface area (Å²) in [5.41, 5.74) is 6.80. The molecule has 9 nitrogen and oxygen atoms in total. The third-order valence-corrected chi connectivity index (χ3v) is 5.64. The van der Waals surface area contributed by atoms with Crippen LogP contribution < -0.4 is 15.4 Å². The van der Waals surface area contributed by atoms with Crippen molar-refractivity contribution in [2.24, 2.45) is 5.73 Å². The molecule has 2 aliphatic heterocycles. The minimum absolute atomic E-state index is 0.274. The molecule has 0 radical (unpaired) electrons. The predicted octanol–water partition coefficient (Wildman–Crippen LogP) is 2.22. The molecule has 5 heterocycles. The molecule has 0 saturated carbocycles. The fraction of sp³-hybridized carbons (Fsp3) is 0.400. The topological polar surface area (TPSA) is 104 Å². The number of carbonyl (C=O) groups excluding carboxylic acids is 1. The number of anilines is 1. The van der Waals surface area contributed by atoms with Crippen molar-refractivity contribution in [3.63, 3.8) is 0 Å². The van der Waals surface area contributed by atoms with Gasteiger partial charge in [0, 0.05) is 31.2 Å². The molecule has 0 aromatic carbocycles. The summed E-state index contributed by atoms with van der Waals surface area (Å²) in [4.78, 5) is 22.7. The monoisotopic (exact) mass is 447 g/mol. The van der Waals surface area contributed by atoms with Crippen LogP contribution in [0.2, 0.25) is 0 Å². The van der Waals surface area contributed by atoms with Gasteiger partial charge < -0.3 is 19.9 Å². The number of ether oxygens (including phenoxy) is 1. The lowest BCUT2D eigenvalue weighted by Crippen LogP contribution is -2.40. The van der Waals surface area contributed by atoms with Gasteiger partial charge in [0.2, 0.25) is 5.91 Å². The fourth-order valence-electron chi connectivity index (χ4n) is 4.23. The summed E-state index contributed by atoms with van der Waals surface area (Å²) in [5.74, 6) is 1.29. The van der Waals surface area contributed by atoms with E-state index in [1.807, 2.05) is 9.47 Å². The average molecular weight is 447 g/mol. The lowest BCUT2D eigenvalue weighted by molar-refractivity contribution is -0.142. The Morgan fingerprint density at radius 2 is 2.16 bits per heavy atom. The van der Waals surface area contributed by atoms with Crippen molar-refractivity contribution in [2.75, 3.05) is 18.1 Å². The maximum Gasteiger partial charge on any atom is 0.408 e. The van der Waals surface area contributed by atoms with Crippen molar-refractivity contribution in [3.8, 4) is 28.5 Å². The Kier molecular flexibility index (Phi) is 4.79. The number of alkyl halides is 3. The molecule has 3 aromatic rings. The standard InChI is InChI=1S/C20H20F3N7O2/c21-20(22,23)11-30-14(3-4-26-30)13-10-28-6-7-32-16-8-17(25-9-12(16)19(28)27-13)29-5-1-2-15(29)18(24)31/h3-4,8-10,15H,1-2,5-7,11H2,(H2,24,31)/t15-/m0/s1. The second-order valence-corrected chi connectivity index (χ2v) is 7.77. The van der Waals surface area contributed by atoms with Crippen molar-refractivity contribution < 1.29 is 22.7 Å². The Bertz CT molecular complexity index is 1170. The number of halogens is 3. The van der Waals surface area contributed by atoms with E-state index in [1.165, 1.54) is 12.3 Å². The van der Waals surface area contributed by atoms with Crippen LogP contribution in [-0.4, -0.2) is 55.6 Å². The van der Waals surface area contributed by atoms with Gasteiger partial charge in [-0.25, -0.2) is 9.97 Å². The number of hydrogen-bond donors (Lipinski definition) is 1. The highest BCUT2D eigenvalue weighted by Crippen LogP contribution is 2.37. The SMILES string of the molecule is NC(=O)[C@@H]1CCCN1c1cc2c(cn1)-c1nc(-c3ccnn3CC(F)(F)F)cn1CCO2. The number of fused-ring (bicyclic) bond motifs is 3. The lowest BCUT2D eigenvalue weighted by atomic mass is 10.2. The van der Waals surface area contributed by atoms with Gasteiger partial charge >= 0.3 is 6.18 Å². The first kappa shape index (κ1) is 20.3. The quantitative estimate of drug-likeness (QED) is 0.658. The molecule has 2 aliphatic rings. The third kappa shape index (κ3) is 3.65. The first-order chi connectivity index (χ1) is 15.3. The molecular weight excluding hydrogens is 427 g/mol. The number of amides is 1. The zero-order chi connectivity index (χ0) is 22.5. The number of primary amides is 1. The van der Waals surface area contributed by atoms with Crippen LogP contribution in [0.15, 0.2) is 30.7 Å². The molecule has 1 fully saturated rings. The van der Waals surface area contributed by atoms with Crippen LogP contribution in [0.25, 0.3) is 22.8 Å². The summed E-state index contributed by atoms with van der Waals surface area (Å²) in [7, 11) is 0. The Labute approximate surface area is 180 Å². The van der Waals surface area contributed by atoms with Crippen LogP contribution in [0.3, 0.4) is 0 Å². The Hall–Kier alpha value is -3.57. The van der Waals surface area contributed by atoms with Crippen LogP contribution >= 0.6 is 0 Å². The average Bonchev–Trinajstić information content (AvgIpc) is 3.44. The summed E-state index contributed by atoms with van der Waals surface area (Å²) >= 11 is 0. The number of carbonyl (C=O) groups is 1. The Morgan fingerprint density at radius 1 is 1.31 bits per heavy atom. The van der Waals surface area contributed by atoms with E-state index in [-0.39, 0.29) is 5.69 Å². The van der Waals surface area contributed by atoms with Gasteiger partial charge in [-0.2, -0.15) is 18.3 Å². The zero-order valence-electron chi connectivity index (χ0n) is 16.9. The van der Waals surface area contributed by atoms with Gasteiger partial charge in [0.05, 0.1) is 17.8 Å². The highest BCUT2D eigenvalue weighted by molar-refractivity contribution is 5.84. The van der Waals surface area contributed by atoms with Gasteiger partial charge in [-0.05, 0) is 18.9 Å². The first-order valence-electron chi connectivity index (χ1n) is 10.2. The molecule has 0 spiro atoms. The largest absolute Gasteiger partial charge is 0.491 e. The summed E-state index contributed by atoms with van der Waals surface area (Å²) in [6, 6.07) is 2.85. The molecule has 0 aliphatic carbocycles. The van der Waals surface area contributed by atoms with Crippen molar-refractivity contribution in [3.05, 3.63) is 30.7 Å². The molecule has 5 rings (SSSR count). The van der Waals surface area contributed by atoms with Gasteiger partial charge in [0.15, 0.2) is 0 Å². The van der Waals surface area contributed by atoms with Crippen molar-refractivity contribution in [1.82, 2.24) is 24.3 Å². The van der Waals surface area contributed by atoms with E-state index in [4.69, 9.17) is 10.5 Å². The highest BCUT2D eigenvalue weighted by atomic mass is 19.4. The minimum atomic E-state index is -4.39. The molecule has 3 aromatic heterocycles. The van der Waals surface area contributed by atoms with Crippen LogP contribution in [0.4, 0.5) is 19.0 Å². The van der Waals surface area contributed by atoms with Crippen LogP contribution in [0.5, 0.6) is 5.75 Å². The van der Waals surface area contributed by atoms with Crippen molar-refractivity contribution in [2.45, 2.75) is 38.1 Å². The van der Waals surface area contributed by atoms with Gasteiger partial charge in [-0.15, -0.1) is 0 Å². The second-order valence-electron chi connectivity index (χ2n) is 7.77. The summed E-state index contributed by atoms with van der Waals surface area (Å²) in [6.07, 6.45) is 1.75. The molecule has 168 valence electrons. The molecule has 0 unspecified atom stereocenters. The summed E-state index contributed by atoms with van der Waals surface area (Å²) < 4.78 is 47.3. The number of nitrogens with zero attached hydrogens (tertiary/aromatic N) is 6. The van der Waals surface area contributed by atoms with Crippen LogP contribution in [-0.2, 0) is 17.9 Å². The van der Waals surface area contributed by atoms with E-state index in [0.29, 0.717) is 54.8 Å². The van der Waals surface area contributed by atoms with E-state index >= 15 is 0 Å². The smallest absolute Gasteiger partial charge is 0.408 e. The van der Waals surface area contributed by atoms with Gasteiger partial charge in [-0.1, -0.05) is 0 Å². The number of aromatic nitrogens is 5. The van der Waals surface area contributed by atoms with E-state index in [9.17, 15) is 18.0 Å². The van der Waals surface area contributed by atoms with Gasteiger partial charge in [-0.3, -0.25) is 9.48 Å². The second kappa shape index (κ2) is 7.53. The van der Waals surface area contributed by atoms with E-state index in [0.717, 1.165) is 11.1 Å². The van der Waals surface area contributed by atoms with Gasteiger partial charge in [0.25, 0.3) is 0 Å². The van der Waals surface area contributed by atoms with E-state index in [2.05, 4.69) is 15.1 Å². The Morgan fingerprint density at radius 3 is 2.94 bits per heavy atom. The molecule has 2 N–H and O–H groups in total. The maximum absolute atomic E-state index is 12.9. The minimum Gasteiger partial charge on any atom is -0.491 e. The normalized spacial score (nSPS) is 18.1. The highest BCUT2D eigenvalue weighted by Gasteiger charge is 2.32. The Balaban J connectivity index is 1.51. The molecule has 1 atom stereocenters. The fourth-order valence-corrected chi connectivity index (χ4v) is 4.23. The molecule has 0 bridgehead atoms. The lowest BCUT2D eigenvalue weighted by Gasteiger charge is -2.23. The maximum atomic E-state index is 12.9. The number of hydrogen-bond acceptors (Lipinski definition) is 6. The van der Waals surface area contributed by atoms with Crippen LogP contribution in [0.1, 0.15) is 12.8 Å². The number of imidazole rings is 1. The van der Waals surface area contributed by atoms with E-state index in [1.54, 1.807) is 18.5 Å². The van der Waals surface area contributed by atoms with Crippen molar-refractivity contribution >= 4 is 11.7 Å². The van der Waals surface area contributed by atoms with Crippen LogP contribution in [0, 0.1) is 0 Å². The van der Waals surface area contributed by atoms with Crippen molar-refractivity contribution in [1.29, 1.82) is 0 Å². The molecule has 12 heteroatoms. The van der Waals surface area contributed by atoms with E-state index < -0.39 is 24.7 Å². The summed E-state index contributed by atoms with van der Waals surface area (Å²) in [6.45, 7) is 0.286. The number of nitrogens with two attached hydrogens (primary N) is 1. The first-order valence-corrected chi connectivity index (χ1v) is 10.2.